The minimum Gasteiger partial charge on any atom is -0.497 e. The molecule has 0 aliphatic heterocycles. The number of amides is 2. The van der Waals surface area contributed by atoms with Crippen molar-refractivity contribution in [2.45, 2.75) is 32.9 Å². The maximum atomic E-state index is 14.1. The van der Waals surface area contributed by atoms with Crippen molar-refractivity contribution in [3.63, 3.8) is 0 Å². The van der Waals surface area contributed by atoms with Crippen LogP contribution >= 0.6 is 0 Å². The quantitative estimate of drug-likeness (QED) is 0.241. The lowest BCUT2D eigenvalue weighted by atomic mass is 10.0. The molecule has 41 heavy (non-hydrogen) atoms. The smallest absolute Gasteiger partial charge is 0.271 e. The summed E-state index contributed by atoms with van der Waals surface area (Å²) in [6.45, 7) is 3.00. The van der Waals surface area contributed by atoms with Gasteiger partial charge in [-0.15, -0.1) is 0 Å². The molecule has 1 unspecified atom stereocenters. The van der Waals surface area contributed by atoms with E-state index in [9.17, 15) is 28.1 Å². The van der Waals surface area contributed by atoms with E-state index in [0.29, 0.717) is 23.4 Å². The molecule has 0 saturated carbocycles. The second-order valence-electron chi connectivity index (χ2n) is 9.47. The fraction of sp³-hybridized carbons (Fsp3) is 0.310. The second kappa shape index (κ2) is 13.8. The molecule has 0 aliphatic rings. The normalized spacial score (nSPS) is 11.8. The Morgan fingerprint density at radius 3 is 2.32 bits per heavy atom. The fourth-order valence-corrected chi connectivity index (χ4v) is 5.29. The van der Waals surface area contributed by atoms with Crippen LogP contribution in [-0.2, 0) is 32.6 Å². The van der Waals surface area contributed by atoms with Crippen LogP contribution in [0.4, 0.5) is 11.4 Å². The summed E-state index contributed by atoms with van der Waals surface area (Å²) in [4.78, 5) is 39.6. The maximum Gasteiger partial charge on any atom is 0.271 e. The first kappa shape index (κ1) is 31.1. The molecule has 0 radical (unpaired) electrons. The summed E-state index contributed by atoms with van der Waals surface area (Å²) < 4.78 is 32.1. The van der Waals surface area contributed by atoms with Crippen molar-refractivity contribution >= 4 is 33.2 Å². The highest BCUT2D eigenvalue weighted by Gasteiger charge is 2.33. The van der Waals surface area contributed by atoms with Crippen molar-refractivity contribution in [3.05, 3.63) is 99.6 Å². The number of hydrogen-bond acceptors (Lipinski definition) is 7. The van der Waals surface area contributed by atoms with Crippen LogP contribution in [0.3, 0.4) is 0 Å². The molecule has 11 nitrogen and oxygen atoms in total. The van der Waals surface area contributed by atoms with E-state index in [1.807, 2.05) is 30.3 Å². The molecule has 218 valence electrons. The number of nitro groups is 1. The van der Waals surface area contributed by atoms with E-state index >= 15 is 0 Å². The SMILES string of the molecule is CCNC(=O)C(Cc1ccccc1)N(Cc1cccc(OC)c1)C(=O)CN(c1cc([N+](=O)[O-])ccc1C)S(C)(=O)=O. The average molecular weight is 583 g/mol. The third kappa shape index (κ3) is 8.27. The van der Waals surface area contributed by atoms with Crippen molar-refractivity contribution < 1.29 is 27.7 Å². The third-order valence-electron chi connectivity index (χ3n) is 6.46. The van der Waals surface area contributed by atoms with Crippen LogP contribution in [0.2, 0.25) is 0 Å². The summed E-state index contributed by atoms with van der Waals surface area (Å²) in [5.74, 6) is -0.501. The molecule has 12 heteroatoms. The minimum atomic E-state index is -4.07. The third-order valence-corrected chi connectivity index (χ3v) is 7.59. The molecule has 0 saturated heterocycles. The van der Waals surface area contributed by atoms with Crippen LogP contribution in [0.1, 0.15) is 23.6 Å². The van der Waals surface area contributed by atoms with Crippen molar-refractivity contribution in [2.75, 3.05) is 30.8 Å². The van der Waals surface area contributed by atoms with Crippen molar-refractivity contribution in [1.29, 1.82) is 0 Å². The van der Waals surface area contributed by atoms with Crippen molar-refractivity contribution in [2.24, 2.45) is 0 Å². The van der Waals surface area contributed by atoms with E-state index in [2.05, 4.69) is 5.32 Å². The Morgan fingerprint density at radius 1 is 1.02 bits per heavy atom. The lowest BCUT2D eigenvalue weighted by molar-refractivity contribution is -0.384. The van der Waals surface area contributed by atoms with Crippen LogP contribution in [0.5, 0.6) is 5.75 Å². The van der Waals surface area contributed by atoms with Gasteiger partial charge in [-0.1, -0.05) is 48.5 Å². The Bertz CT molecular complexity index is 1500. The summed E-state index contributed by atoms with van der Waals surface area (Å²) in [7, 11) is -2.55. The van der Waals surface area contributed by atoms with E-state index in [1.165, 1.54) is 24.1 Å². The highest BCUT2D eigenvalue weighted by molar-refractivity contribution is 7.92. The summed E-state index contributed by atoms with van der Waals surface area (Å²) >= 11 is 0. The number of non-ortho nitro benzene ring substituents is 1. The number of benzene rings is 3. The Balaban J connectivity index is 2.10. The summed E-state index contributed by atoms with van der Waals surface area (Å²) in [5.41, 5.74) is 1.59. The highest BCUT2D eigenvalue weighted by Crippen LogP contribution is 2.28. The molecule has 3 aromatic rings. The predicted octanol–water partition coefficient (Wildman–Crippen LogP) is 3.45. The van der Waals surface area contributed by atoms with E-state index < -0.39 is 39.3 Å². The van der Waals surface area contributed by atoms with Crippen LogP contribution in [0.25, 0.3) is 0 Å². The van der Waals surface area contributed by atoms with Gasteiger partial charge >= 0.3 is 0 Å². The Morgan fingerprint density at radius 2 is 1.71 bits per heavy atom. The fourth-order valence-electron chi connectivity index (χ4n) is 4.39. The zero-order valence-electron chi connectivity index (χ0n) is 23.4. The van der Waals surface area contributed by atoms with Gasteiger partial charge in [-0.2, -0.15) is 0 Å². The lowest BCUT2D eigenvalue weighted by Crippen LogP contribution is -2.53. The Labute approximate surface area is 239 Å². The predicted molar refractivity (Wildman–Crippen MR) is 156 cm³/mol. The first-order chi connectivity index (χ1) is 19.4. The first-order valence-corrected chi connectivity index (χ1v) is 14.8. The van der Waals surface area contributed by atoms with Gasteiger partial charge in [0.1, 0.15) is 18.3 Å². The lowest BCUT2D eigenvalue weighted by Gasteiger charge is -2.33. The van der Waals surface area contributed by atoms with Crippen LogP contribution in [-0.4, -0.2) is 62.6 Å². The van der Waals surface area contributed by atoms with Gasteiger partial charge in [0.15, 0.2) is 0 Å². The van der Waals surface area contributed by atoms with Crippen LogP contribution in [0.15, 0.2) is 72.8 Å². The van der Waals surface area contributed by atoms with Gasteiger partial charge in [0.25, 0.3) is 5.69 Å². The summed E-state index contributed by atoms with van der Waals surface area (Å²) in [6.07, 6.45) is 1.10. The number of aryl methyl sites for hydroxylation is 1. The number of methoxy groups -OCH3 is 1. The molecule has 0 spiro atoms. The van der Waals surface area contributed by atoms with Gasteiger partial charge in [-0.05, 0) is 42.7 Å². The average Bonchev–Trinajstić information content (AvgIpc) is 2.94. The van der Waals surface area contributed by atoms with E-state index in [-0.39, 0.29) is 24.3 Å². The molecular formula is C29H34N4O7S. The van der Waals surface area contributed by atoms with Crippen LogP contribution in [0, 0.1) is 17.0 Å². The highest BCUT2D eigenvalue weighted by atomic mass is 32.2. The summed E-state index contributed by atoms with van der Waals surface area (Å²) in [5, 5.41) is 14.2. The first-order valence-electron chi connectivity index (χ1n) is 12.9. The maximum absolute atomic E-state index is 14.1. The molecule has 0 aromatic heterocycles. The zero-order valence-corrected chi connectivity index (χ0v) is 24.3. The van der Waals surface area contributed by atoms with Gasteiger partial charge in [-0.3, -0.25) is 24.0 Å². The van der Waals surface area contributed by atoms with E-state index in [4.69, 9.17) is 4.74 Å². The van der Waals surface area contributed by atoms with Gasteiger partial charge in [0, 0.05) is 31.6 Å². The number of hydrogen-bond donors (Lipinski definition) is 1. The van der Waals surface area contributed by atoms with Crippen molar-refractivity contribution in [3.8, 4) is 5.75 Å². The number of likely N-dealkylation sites (N-methyl/N-ethyl adjacent to an activating group) is 1. The van der Waals surface area contributed by atoms with Gasteiger partial charge in [-0.25, -0.2) is 8.42 Å². The molecule has 0 fully saturated rings. The van der Waals surface area contributed by atoms with Crippen LogP contribution < -0.4 is 14.4 Å². The number of carbonyl (C=O) groups is 2. The summed E-state index contributed by atoms with van der Waals surface area (Å²) in [6, 6.07) is 19.0. The monoisotopic (exact) mass is 582 g/mol. The van der Waals surface area contributed by atoms with Crippen molar-refractivity contribution in [1.82, 2.24) is 10.2 Å². The second-order valence-corrected chi connectivity index (χ2v) is 11.4. The Kier molecular flexibility index (Phi) is 10.4. The number of rotatable bonds is 13. The number of nitro benzene ring substituents is 1. The minimum absolute atomic E-state index is 0.00833. The molecule has 0 aliphatic carbocycles. The molecular weight excluding hydrogens is 548 g/mol. The number of nitrogens with one attached hydrogen (secondary N) is 1. The van der Waals surface area contributed by atoms with Gasteiger partial charge in [0.05, 0.1) is 24.0 Å². The number of sulfonamides is 1. The number of anilines is 1. The molecule has 2 amide bonds. The molecule has 1 atom stereocenters. The molecule has 1 N–H and O–H groups in total. The number of ether oxygens (including phenoxy) is 1. The van der Waals surface area contributed by atoms with E-state index in [0.717, 1.165) is 22.2 Å². The molecule has 3 rings (SSSR count). The number of nitrogens with zero attached hydrogens (tertiary/aromatic N) is 3. The zero-order chi connectivity index (χ0) is 30.2. The van der Waals surface area contributed by atoms with E-state index in [1.54, 1.807) is 38.1 Å². The molecule has 0 heterocycles. The molecule has 3 aromatic carbocycles. The number of carbonyl (C=O) groups excluding carboxylic acids is 2. The standard InChI is InChI=1S/C29H34N4O7S/c1-5-30-29(35)27(17-22-10-7-6-8-11-22)31(19-23-12-9-13-25(16-23)40-3)28(34)20-32(41(4,38)39)26-18-24(33(36)37)15-14-21(26)2/h6-16,18,27H,5,17,19-20H2,1-4H3,(H,30,35). The topological polar surface area (TPSA) is 139 Å². The van der Waals surface area contributed by atoms with Gasteiger partial charge < -0.3 is 15.0 Å². The largest absolute Gasteiger partial charge is 0.497 e. The Hall–Kier alpha value is -4.45. The molecule has 0 bridgehead atoms. The van der Waals surface area contributed by atoms with Gasteiger partial charge in [0.2, 0.25) is 21.8 Å².